The van der Waals surface area contributed by atoms with Gasteiger partial charge in [-0.1, -0.05) is 48.5 Å². The molecule has 4 rings (SSSR count). The van der Waals surface area contributed by atoms with Crippen LogP contribution in [0.25, 0.3) is 6.08 Å². The summed E-state index contributed by atoms with van der Waals surface area (Å²) in [6, 6.07) is 20.6. The third kappa shape index (κ3) is 4.11. The zero-order chi connectivity index (χ0) is 20.1. The number of benzene rings is 2. The molecule has 6 nitrogen and oxygen atoms in total. The van der Waals surface area contributed by atoms with Gasteiger partial charge < -0.3 is 4.74 Å². The molecule has 1 amide bonds. The number of aromatic nitrogens is 1. The number of hydrogen-bond acceptors (Lipinski definition) is 5. The van der Waals surface area contributed by atoms with Crippen LogP contribution in [0.5, 0.6) is 5.75 Å². The van der Waals surface area contributed by atoms with Gasteiger partial charge >= 0.3 is 0 Å². The molecule has 0 fully saturated rings. The minimum atomic E-state index is -0.292. The second kappa shape index (κ2) is 8.31. The summed E-state index contributed by atoms with van der Waals surface area (Å²) in [5, 5.41) is 5.70. The number of methoxy groups -OCH3 is 1. The molecule has 6 heteroatoms. The lowest BCUT2D eigenvalue weighted by Crippen LogP contribution is -2.27. The Labute approximate surface area is 168 Å². The predicted molar refractivity (Wildman–Crippen MR) is 113 cm³/mol. The number of hydrogen-bond donors (Lipinski definition) is 0. The number of amides is 1. The van der Waals surface area contributed by atoms with Crippen LogP contribution in [0.4, 0.5) is 0 Å². The van der Waals surface area contributed by atoms with Gasteiger partial charge in [-0.2, -0.15) is 10.1 Å². The van der Waals surface area contributed by atoms with Crippen molar-refractivity contribution >= 4 is 24.0 Å². The van der Waals surface area contributed by atoms with E-state index in [1.165, 1.54) is 5.01 Å². The third-order valence-corrected chi connectivity index (χ3v) is 4.30. The Kier molecular flexibility index (Phi) is 5.25. The largest absolute Gasteiger partial charge is 0.497 e. The van der Waals surface area contributed by atoms with E-state index in [0.29, 0.717) is 11.5 Å². The highest BCUT2D eigenvalue weighted by atomic mass is 16.5. The Bertz CT molecular complexity index is 1090. The SMILES string of the molecule is COc1ccc(C=C2N=C(c3ccccc3)N(N=Cc3cccnc3)C2=O)cc1. The van der Waals surface area contributed by atoms with Crippen LogP contribution in [0.15, 0.2) is 94.9 Å². The average molecular weight is 382 g/mol. The molecule has 0 aliphatic carbocycles. The van der Waals surface area contributed by atoms with E-state index in [9.17, 15) is 4.79 Å². The van der Waals surface area contributed by atoms with E-state index >= 15 is 0 Å². The molecule has 0 saturated carbocycles. The summed E-state index contributed by atoms with van der Waals surface area (Å²) < 4.78 is 5.18. The maximum absolute atomic E-state index is 13.0. The first-order valence-electron chi connectivity index (χ1n) is 9.03. The van der Waals surface area contributed by atoms with Crippen molar-refractivity contribution in [1.29, 1.82) is 0 Å². The van der Waals surface area contributed by atoms with Gasteiger partial charge in [0.25, 0.3) is 5.91 Å². The van der Waals surface area contributed by atoms with E-state index in [1.807, 2.05) is 66.7 Å². The van der Waals surface area contributed by atoms with Crippen molar-refractivity contribution < 1.29 is 9.53 Å². The van der Waals surface area contributed by atoms with Gasteiger partial charge in [-0.05, 0) is 29.8 Å². The van der Waals surface area contributed by atoms with Crippen molar-refractivity contribution in [3.63, 3.8) is 0 Å². The van der Waals surface area contributed by atoms with E-state index < -0.39 is 0 Å². The number of carbonyl (C=O) groups excluding carboxylic acids is 1. The van der Waals surface area contributed by atoms with Gasteiger partial charge in [-0.3, -0.25) is 9.78 Å². The summed E-state index contributed by atoms with van der Waals surface area (Å²) in [7, 11) is 1.61. The maximum atomic E-state index is 13.0. The van der Waals surface area contributed by atoms with Crippen molar-refractivity contribution in [2.75, 3.05) is 7.11 Å². The van der Waals surface area contributed by atoms with Gasteiger partial charge in [0, 0.05) is 23.5 Å². The number of aliphatic imine (C=N–C) groups is 1. The Hall–Kier alpha value is -4.06. The summed E-state index contributed by atoms with van der Waals surface area (Å²) in [6.45, 7) is 0. The van der Waals surface area contributed by atoms with Crippen LogP contribution < -0.4 is 4.74 Å². The average Bonchev–Trinajstić information content (AvgIpc) is 3.09. The van der Waals surface area contributed by atoms with E-state index in [2.05, 4.69) is 15.1 Å². The fraction of sp³-hybridized carbons (Fsp3) is 0.0435. The predicted octanol–water partition coefficient (Wildman–Crippen LogP) is 3.75. The maximum Gasteiger partial charge on any atom is 0.298 e. The Morgan fingerprint density at radius 1 is 0.966 bits per heavy atom. The summed E-state index contributed by atoms with van der Waals surface area (Å²) in [5.74, 6) is 0.941. The van der Waals surface area contributed by atoms with Crippen molar-refractivity contribution in [3.8, 4) is 5.75 Å². The van der Waals surface area contributed by atoms with Gasteiger partial charge in [0.2, 0.25) is 0 Å². The van der Waals surface area contributed by atoms with Gasteiger partial charge in [0.15, 0.2) is 5.84 Å². The van der Waals surface area contributed by atoms with Crippen molar-refractivity contribution in [1.82, 2.24) is 9.99 Å². The molecule has 2 heterocycles. The number of carbonyl (C=O) groups is 1. The zero-order valence-corrected chi connectivity index (χ0v) is 15.8. The molecule has 1 aromatic heterocycles. The summed E-state index contributed by atoms with van der Waals surface area (Å²) in [6.07, 6.45) is 6.70. The van der Waals surface area contributed by atoms with Crippen molar-refractivity contribution in [3.05, 3.63) is 102 Å². The second-order valence-electron chi connectivity index (χ2n) is 6.25. The first-order valence-corrected chi connectivity index (χ1v) is 9.03. The molecule has 1 aliphatic heterocycles. The second-order valence-corrected chi connectivity index (χ2v) is 6.25. The molecule has 0 unspecified atom stereocenters. The van der Waals surface area contributed by atoms with E-state index in [-0.39, 0.29) is 5.91 Å². The first kappa shape index (κ1) is 18.3. The van der Waals surface area contributed by atoms with Crippen LogP contribution in [-0.2, 0) is 4.79 Å². The van der Waals surface area contributed by atoms with Crippen LogP contribution in [0.3, 0.4) is 0 Å². The number of ether oxygens (including phenoxy) is 1. The quantitative estimate of drug-likeness (QED) is 0.498. The first-order chi connectivity index (χ1) is 14.2. The zero-order valence-electron chi connectivity index (χ0n) is 15.8. The molecule has 29 heavy (non-hydrogen) atoms. The molecule has 0 spiro atoms. The number of rotatable bonds is 5. The van der Waals surface area contributed by atoms with Crippen LogP contribution in [0, 0.1) is 0 Å². The fourth-order valence-electron chi connectivity index (χ4n) is 2.82. The smallest absolute Gasteiger partial charge is 0.298 e. The normalized spacial score (nSPS) is 15.2. The molecule has 0 radical (unpaired) electrons. The van der Waals surface area contributed by atoms with Crippen LogP contribution in [0.1, 0.15) is 16.7 Å². The topological polar surface area (TPSA) is 67.2 Å². The Morgan fingerprint density at radius 2 is 1.76 bits per heavy atom. The standard InChI is InChI=1S/C23H18N4O2/c1-29-20-11-9-17(10-12-20)14-21-23(28)27(25-16-18-6-5-13-24-15-18)22(26-21)19-7-3-2-4-8-19/h2-16H,1H3. The van der Waals surface area contributed by atoms with Gasteiger partial charge in [-0.15, -0.1) is 0 Å². The summed E-state index contributed by atoms with van der Waals surface area (Å²) in [4.78, 5) is 21.7. The summed E-state index contributed by atoms with van der Waals surface area (Å²) in [5.41, 5.74) is 2.77. The minimum absolute atomic E-state index is 0.292. The fourth-order valence-corrected chi connectivity index (χ4v) is 2.82. The molecule has 1 aliphatic rings. The minimum Gasteiger partial charge on any atom is -0.497 e. The molecule has 2 aromatic carbocycles. The number of hydrazone groups is 1. The van der Waals surface area contributed by atoms with Crippen molar-refractivity contribution in [2.24, 2.45) is 10.1 Å². The Morgan fingerprint density at radius 3 is 2.45 bits per heavy atom. The van der Waals surface area contributed by atoms with Gasteiger partial charge in [-0.25, -0.2) is 4.99 Å². The monoisotopic (exact) mass is 382 g/mol. The highest BCUT2D eigenvalue weighted by Gasteiger charge is 2.31. The summed E-state index contributed by atoms with van der Waals surface area (Å²) >= 11 is 0. The molecular weight excluding hydrogens is 364 g/mol. The molecule has 0 N–H and O–H groups in total. The molecule has 0 saturated heterocycles. The molecular formula is C23H18N4O2. The number of amidine groups is 1. The van der Waals surface area contributed by atoms with Crippen LogP contribution in [0.2, 0.25) is 0 Å². The lowest BCUT2D eigenvalue weighted by molar-refractivity contribution is -0.122. The highest BCUT2D eigenvalue weighted by Crippen LogP contribution is 2.23. The van der Waals surface area contributed by atoms with Crippen LogP contribution in [-0.4, -0.2) is 35.1 Å². The van der Waals surface area contributed by atoms with E-state index in [4.69, 9.17) is 4.74 Å². The molecule has 0 atom stereocenters. The van der Waals surface area contributed by atoms with E-state index in [0.717, 1.165) is 22.4 Å². The van der Waals surface area contributed by atoms with Gasteiger partial charge in [0.1, 0.15) is 11.4 Å². The Balaban J connectivity index is 1.70. The molecule has 3 aromatic rings. The van der Waals surface area contributed by atoms with E-state index in [1.54, 1.807) is 31.8 Å². The molecule has 142 valence electrons. The van der Waals surface area contributed by atoms with Crippen molar-refractivity contribution in [2.45, 2.75) is 0 Å². The number of pyridine rings is 1. The highest BCUT2D eigenvalue weighted by molar-refractivity contribution is 6.19. The molecule has 0 bridgehead atoms. The third-order valence-electron chi connectivity index (χ3n) is 4.30. The lowest BCUT2D eigenvalue weighted by Gasteiger charge is -2.11. The lowest BCUT2D eigenvalue weighted by atomic mass is 10.2. The van der Waals surface area contributed by atoms with Gasteiger partial charge in [0.05, 0.1) is 13.3 Å². The number of nitrogens with zero attached hydrogens (tertiary/aromatic N) is 4. The van der Waals surface area contributed by atoms with Crippen LogP contribution >= 0.6 is 0 Å².